The molecule has 2 heterocycles. The van der Waals surface area contributed by atoms with Crippen LogP contribution < -0.4 is 10.2 Å². The van der Waals surface area contributed by atoms with Gasteiger partial charge >= 0.3 is 5.69 Å². The molecule has 1 aliphatic carbocycles. The molecule has 1 atom stereocenters. The van der Waals surface area contributed by atoms with Gasteiger partial charge in [0.2, 0.25) is 17.6 Å². The quantitative estimate of drug-likeness (QED) is 0.437. The number of nitrogens with one attached hydrogen (secondary N) is 2. The Morgan fingerprint density at radius 3 is 2.82 bits per heavy atom. The van der Waals surface area contributed by atoms with Gasteiger partial charge in [0.1, 0.15) is 5.82 Å². The van der Waals surface area contributed by atoms with Crippen molar-refractivity contribution in [1.82, 2.24) is 15.2 Å². The molecular weight excluding hydrogens is 431 g/mol. The van der Waals surface area contributed by atoms with Crippen LogP contribution in [0.25, 0.3) is 11.4 Å². The Kier molecular flexibility index (Phi) is 5.08. The first kappa shape index (κ1) is 20.7. The lowest BCUT2D eigenvalue weighted by molar-refractivity contribution is -0.387. The number of amides is 2. The van der Waals surface area contributed by atoms with Gasteiger partial charge in [-0.3, -0.25) is 24.8 Å². The third-order valence-electron chi connectivity index (χ3n) is 5.79. The van der Waals surface area contributed by atoms with Crippen molar-refractivity contribution in [3.05, 3.63) is 64.2 Å². The Bertz CT molecular complexity index is 1270. The predicted molar refractivity (Wildman–Crippen MR) is 116 cm³/mol. The van der Waals surface area contributed by atoms with Crippen LogP contribution in [0.2, 0.25) is 0 Å². The van der Waals surface area contributed by atoms with E-state index >= 15 is 0 Å². The fourth-order valence-electron chi connectivity index (χ4n) is 3.86. The van der Waals surface area contributed by atoms with Crippen LogP contribution in [0, 0.1) is 21.8 Å². The molecule has 1 saturated heterocycles. The summed E-state index contributed by atoms with van der Waals surface area (Å²) in [6.07, 6.45) is 2.16. The summed E-state index contributed by atoms with van der Waals surface area (Å²) in [6.45, 7) is 0.0405. The third kappa shape index (κ3) is 4.16. The minimum atomic E-state index is -0.986. The number of aromatic nitrogens is 3. The van der Waals surface area contributed by atoms with E-state index in [-0.39, 0.29) is 30.5 Å². The molecule has 11 heteroatoms. The van der Waals surface area contributed by atoms with Crippen molar-refractivity contribution in [2.75, 3.05) is 16.8 Å². The smallest absolute Gasteiger partial charge is 0.306 e. The minimum absolute atomic E-state index is 0.0405. The lowest BCUT2D eigenvalue weighted by Crippen LogP contribution is -2.28. The summed E-state index contributed by atoms with van der Waals surface area (Å²) in [5, 5.41) is 21.0. The summed E-state index contributed by atoms with van der Waals surface area (Å²) in [4.78, 5) is 41.2. The van der Waals surface area contributed by atoms with Crippen LogP contribution in [0.4, 0.5) is 21.5 Å². The molecular formula is C22H19FN6O4. The molecule has 0 bridgehead atoms. The number of halogens is 1. The van der Waals surface area contributed by atoms with Crippen molar-refractivity contribution in [2.45, 2.75) is 25.2 Å². The first-order valence-corrected chi connectivity index (χ1v) is 10.5. The highest BCUT2D eigenvalue weighted by Crippen LogP contribution is 2.38. The van der Waals surface area contributed by atoms with Crippen LogP contribution in [-0.2, 0) is 9.59 Å². The van der Waals surface area contributed by atoms with Gasteiger partial charge in [-0.15, -0.1) is 0 Å². The molecule has 2 amide bonds. The highest BCUT2D eigenvalue weighted by Gasteiger charge is 2.36. The molecule has 33 heavy (non-hydrogen) atoms. The van der Waals surface area contributed by atoms with Gasteiger partial charge in [-0.05, 0) is 37.1 Å². The fraction of sp³-hybridized carbons (Fsp3) is 0.273. The van der Waals surface area contributed by atoms with Crippen LogP contribution >= 0.6 is 0 Å². The molecule has 0 radical (unpaired) electrons. The summed E-state index contributed by atoms with van der Waals surface area (Å²) in [6, 6.07) is 10.3. The van der Waals surface area contributed by atoms with E-state index in [1.54, 1.807) is 18.2 Å². The highest BCUT2D eigenvalue weighted by molar-refractivity contribution is 6.03. The fourth-order valence-corrected chi connectivity index (χ4v) is 3.86. The second-order valence-corrected chi connectivity index (χ2v) is 8.19. The third-order valence-corrected chi connectivity index (χ3v) is 5.79. The van der Waals surface area contributed by atoms with Crippen LogP contribution in [0.5, 0.6) is 0 Å². The number of benzene rings is 2. The van der Waals surface area contributed by atoms with Crippen LogP contribution in [0.15, 0.2) is 42.5 Å². The van der Waals surface area contributed by atoms with E-state index in [4.69, 9.17) is 0 Å². The summed E-state index contributed by atoms with van der Waals surface area (Å²) >= 11 is 0. The summed E-state index contributed by atoms with van der Waals surface area (Å²) < 4.78 is 13.6. The topological polar surface area (TPSA) is 134 Å². The average molecular weight is 450 g/mol. The number of hydrogen-bond acceptors (Lipinski definition) is 6. The van der Waals surface area contributed by atoms with Gasteiger partial charge in [0, 0.05) is 36.2 Å². The normalized spacial score (nSPS) is 17.9. The molecule has 2 aliphatic rings. The first-order valence-electron chi connectivity index (χ1n) is 10.5. The predicted octanol–water partition coefficient (Wildman–Crippen LogP) is 3.39. The molecule has 2 aromatic carbocycles. The van der Waals surface area contributed by atoms with Crippen molar-refractivity contribution in [2.24, 2.45) is 5.92 Å². The van der Waals surface area contributed by atoms with Crippen molar-refractivity contribution in [3.63, 3.8) is 0 Å². The van der Waals surface area contributed by atoms with Crippen LogP contribution in [0.3, 0.4) is 0 Å². The van der Waals surface area contributed by atoms with E-state index < -0.39 is 22.3 Å². The molecule has 1 aliphatic heterocycles. The Hall–Kier alpha value is -4.15. The molecule has 10 nitrogen and oxygen atoms in total. The van der Waals surface area contributed by atoms with E-state index in [0.717, 1.165) is 36.4 Å². The molecule has 1 aromatic heterocycles. The molecule has 1 unspecified atom stereocenters. The standard InChI is InChI=1S/C22H19FN6O4/c23-17-7-6-16(10-18(17)29(32)33)28-11-14(9-19(28)30)22(31)24-15-3-1-2-13(8-15)21-25-20(26-27-21)12-4-5-12/h1-3,6-8,10,12,14H,4-5,9,11H2,(H,24,31)(H,25,26,27). The Balaban J connectivity index is 1.28. The van der Waals surface area contributed by atoms with Gasteiger partial charge in [-0.1, -0.05) is 12.1 Å². The SMILES string of the molecule is O=C(Nc1cccc(-c2n[nH]c(C3CC3)n2)c1)C1CC(=O)N(c2ccc(F)c([N+](=O)[O-])c2)C1. The second-order valence-electron chi connectivity index (χ2n) is 8.19. The zero-order valence-electron chi connectivity index (χ0n) is 17.3. The van der Waals surface area contributed by atoms with E-state index in [1.165, 1.54) is 11.0 Å². The zero-order valence-corrected chi connectivity index (χ0v) is 17.3. The minimum Gasteiger partial charge on any atom is -0.326 e. The maximum absolute atomic E-state index is 13.6. The summed E-state index contributed by atoms with van der Waals surface area (Å²) in [5.74, 6) is -0.500. The molecule has 2 fully saturated rings. The van der Waals surface area contributed by atoms with E-state index in [1.807, 2.05) is 6.07 Å². The van der Waals surface area contributed by atoms with Crippen molar-refractivity contribution >= 4 is 28.9 Å². The Morgan fingerprint density at radius 1 is 1.24 bits per heavy atom. The second kappa shape index (κ2) is 8.08. The number of nitro benzene ring substituents is 1. The monoisotopic (exact) mass is 450 g/mol. The largest absolute Gasteiger partial charge is 0.326 e. The number of carbonyl (C=O) groups excluding carboxylic acids is 2. The van der Waals surface area contributed by atoms with E-state index in [2.05, 4.69) is 20.5 Å². The molecule has 5 rings (SSSR count). The maximum Gasteiger partial charge on any atom is 0.306 e. The number of anilines is 2. The number of nitro groups is 1. The van der Waals surface area contributed by atoms with Crippen molar-refractivity contribution in [3.8, 4) is 11.4 Å². The van der Waals surface area contributed by atoms with Crippen LogP contribution in [0.1, 0.15) is 31.0 Å². The number of aromatic amines is 1. The average Bonchev–Trinajstić information content (AvgIpc) is 3.39. The van der Waals surface area contributed by atoms with Crippen molar-refractivity contribution < 1.29 is 18.9 Å². The highest BCUT2D eigenvalue weighted by atomic mass is 19.1. The van der Waals surface area contributed by atoms with Crippen molar-refractivity contribution in [1.29, 1.82) is 0 Å². The lowest BCUT2D eigenvalue weighted by Gasteiger charge is -2.16. The molecule has 2 N–H and O–H groups in total. The number of hydrogen-bond donors (Lipinski definition) is 2. The Labute approximate surface area is 187 Å². The number of rotatable bonds is 6. The number of H-pyrrole nitrogens is 1. The van der Waals surface area contributed by atoms with Gasteiger partial charge in [-0.25, -0.2) is 4.98 Å². The lowest BCUT2D eigenvalue weighted by atomic mass is 10.1. The Morgan fingerprint density at radius 2 is 2.06 bits per heavy atom. The maximum atomic E-state index is 13.6. The van der Waals surface area contributed by atoms with Crippen LogP contribution in [-0.4, -0.2) is 38.5 Å². The van der Waals surface area contributed by atoms with E-state index in [9.17, 15) is 24.1 Å². The van der Waals surface area contributed by atoms with Gasteiger partial charge in [0.15, 0.2) is 5.82 Å². The molecule has 0 spiro atoms. The molecule has 1 saturated carbocycles. The van der Waals surface area contributed by atoms with E-state index in [0.29, 0.717) is 17.4 Å². The van der Waals surface area contributed by atoms with Gasteiger partial charge < -0.3 is 10.2 Å². The zero-order chi connectivity index (χ0) is 23.1. The van der Waals surface area contributed by atoms with Gasteiger partial charge in [0.05, 0.1) is 16.5 Å². The van der Waals surface area contributed by atoms with Gasteiger partial charge in [-0.2, -0.15) is 9.49 Å². The summed E-state index contributed by atoms with van der Waals surface area (Å²) in [7, 11) is 0. The van der Waals surface area contributed by atoms with Gasteiger partial charge in [0.25, 0.3) is 0 Å². The molecule has 168 valence electrons. The first-order chi connectivity index (χ1) is 15.9. The number of carbonyl (C=O) groups is 2. The molecule has 3 aromatic rings. The number of nitrogens with zero attached hydrogens (tertiary/aromatic N) is 4. The summed E-state index contributed by atoms with van der Waals surface area (Å²) in [5.41, 5.74) is 0.751.